The molecular weight excluding hydrogens is 418 g/mol. The molecule has 9 heteroatoms. The summed E-state index contributed by atoms with van der Waals surface area (Å²) in [7, 11) is 0. The van der Waals surface area contributed by atoms with Crippen LogP contribution in [-0.4, -0.2) is 47.1 Å². The Labute approximate surface area is 178 Å². The molecule has 1 fully saturated rings. The van der Waals surface area contributed by atoms with Crippen molar-refractivity contribution in [2.45, 2.75) is 6.92 Å². The zero-order valence-corrected chi connectivity index (χ0v) is 17.2. The average molecular weight is 437 g/mol. The van der Waals surface area contributed by atoms with Gasteiger partial charge in [-0.2, -0.15) is 0 Å². The number of benzene rings is 1. The summed E-state index contributed by atoms with van der Waals surface area (Å²) in [4.78, 5) is 23.6. The van der Waals surface area contributed by atoms with E-state index in [1.54, 1.807) is 11.0 Å². The Kier molecular flexibility index (Phi) is 6.52. The number of amides is 1. The lowest BCUT2D eigenvalue weighted by Gasteiger charge is -2.27. The van der Waals surface area contributed by atoms with Crippen LogP contribution in [0.4, 0.5) is 15.8 Å². The molecule has 3 aromatic rings. The minimum absolute atomic E-state index is 0. The number of carbonyl (C=O) groups is 1. The van der Waals surface area contributed by atoms with Crippen molar-refractivity contribution in [1.29, 1.82) is 0 Å². The molecule has 1 N–H and O–H groups in total. The largest absolute Gasteiger partial charge is 0.378 e. The van der Waals surface area contributed by atoms with E-state index in [0.29, 0.717) is 54.3 Å². The zero-order valence-electron chi connectivity index (χ0n) is 15.6. The summed E-state index contributed by atoms with van der Waals surface area (Å²) >= 11 is 5.78. The monoisotopic (exact) mass is 436 g/mol. The first-order valence-corrected chi connectivity index (χ1v) is 9.26. The first-order valence-electron chi connectivity index (χ1n) is 8.88. The van der Waals surface area contributed by atoms with Crippen LogP contribution in [0.2, 0.25) is 5.02 Å². The van der Waals surface area contributed by atoms with Crippen LogP contribution in [0.15, 0.2) is 36.5 Å². The van der Waals surface area contributed by atoms with E-state index in [2.05, 4.69) is 15.3 Å². The van der Waals surface area contributed by atoms with Crippen molar-refractivity contribution < 1.29 is 13.9 Å². The molecule has 0 unspecified atom stereocenters. The van der Waals surface area contributed by atoms with Crippen LogP contribution in [-0.2, 0) is 4.74 Å². The lowest BCUT2D eigenvalue weighted by molar-refractivity contribution is 0.0303. The molecule has 1 aliphatic heterocycles. The summed E-state index contributed by atoms with van der Waals surface area (Å²) < 4.78 is 19.2. The number of nitrogens with zero attached hydrogens (tertiary/aromatic N) is 3. The smallest absolute Gasteiger partial charge is 0.257 e. The number of pyridine rings is 2. The summed E-state index contributed by atoms with van der Waals surface area (Å²) in [6, 6.07) is 8.12. The Morgan fingerprint density at radius 3 is 2.72 bits per heavy atom. The van der Waals surface area contributed by atoms with Crippen LogP contribution in [0, 0.1) is 12.7 Å². The van der Waals surface area contributed by atoms with Crippen molar-refractivity contribution in [3.05, 3.63) is 58.6 Å². The average Bonchev–Trinajstić information content (AvgIpc) is 2.71. The van der Waals surface area contributed by atoms with Gasteiger partial charge in [-0.15, -0.1) is 12.4 Å². The number of hydrogen-bond acceptors (Lipinski definition) is 5. The number of aromatic nitrogens is 2. The van der Waals surface area contributed by atoms with E-state index in [4.69, 9.17) is 16.3 Å². The van der Waals surface area contributed by atoms with Crippen LogP contribution in [0.25, 0.3) is 11.0 Å². The minimum atomic E-state index is -0.542. The van der Waals surface area contributed by atoms with Gasteiger partial charge in [0.1, 0.15) is 5.82 Å². The van der Waals surface area contributed by atoms with Crippen LogP contribution < -0.4 is 5.32 Å². The lowest BCUT2D eigenvalue weighted by atomic mass is 10.1. The second kappa shape index (κ2) is 8.90. The molecule has 0 atom stereocenters. The molecule has 2 aromatic heterocycles. The summed E-state index contributed by atoms with van der Waals surface area (Å²) in [5, 5.41) is 3.88. The second-order valence-corrected chi connectivity index (χ2v) is 6.94. The highest BCUT2D eigenvalue weighted by Crippen LogP contribution is 2.31. The Morgan fingerprint density at radius 1 is 1.24 bits per heavy atom. The number of rotatable bonds is 3. The minimum Gasteiger partial charge on any atom is -0.378 e. The molecule has 0 bridgehead atoms. The summed E-state index contributed by atoms with van der Waals surface area (Å²) in [6.07, 6.45) is 1.52. The van der Waals surface area contributed by atoms with Gasteiger partial charge in [0.15, 0.2) is 5.65 Å². The summed E-state index contributed by atoms with van der Waals surface area (Å²) in [6.45, 7) is 3.89. The van der Waals surface area contributed by atoms with E-state index in [1.807, 2.05) is 19.1 Å². The number of carbonyl (C=O) groups excluding carboxylic acids is 1. The van der Waals surface area contributed by atoms with Crippen molar-refractivity contribution in [3.8, 4) is 0 Å². The number of nitrogens with one attached hydrogen (secondary N) is 1. The van der Waals surface area contributed by atoms with Crippen LogP contribution >= 0.6 is 24.0 Å². The highest BCUT2D eigenvalue weighted by Gasteiger charge is 2.23. The van der Waals surface area contributed by atoms with Gasteiger partial charge in [0.25, 0.3) is 5.91 Å². The van der Waals surface area contributed by atoms with Crippen molar-refractivity contribution in [2.24, 2.45) is 0 Å². The molecule has 1 saturated heterocycles. The third kappa shape index (κ3) is 4.42. The van der Waals surface area contributed by atoms with Crippen molar-refractivity contribution in [2.75, 3.05) is 31.6 Å². The number of ether oxygens (including phenoxy) is 1. The molecular formula is C20H19Cl2FN4O2. The van der Waals surface area contributed by atoms with Gasteiger partial charge in [0, 0.05) is 36.1 Å². The van der Waals surface area contributed by atoms with E-state index >= 15 is 0 Å². The van der Waals surface area contributed by atoms with Crippen LogP contribution in [0.1, 0.15) is 16.1 Å². The summed E-state index contributed by atoms with van der Waals surface area (Å²) in [5.74, 6) is -0.699. The number of anilines is 2. The Bertz CT molecular complexity index is 1060. The van der Waals surface area contributed by atoms with E-state index in [9.17, 15) is 9.18 Å². The maximum absolute atomic E-state index is 13.9. The van der Waals surface area contributed by atoms with Crippen LogP contribution in [0.3, 0.4) is 0 Å². The van der Waals surface area contributed by atoms with Gasteiger partial charge in [0.05, 0.1) is 29.5 Å². The molecule has 0 saturated carbocycles. The van der Waals surface area contributed by atoms with Gasteiger partial charge in [-0.3, -0.25) is 4.79 Å². The first kappa shape index (κ1) is 21.2. The number of hydrogen-bond donors (Lipinski definition) is 1. The molecule has 3 heterocycles. The fourth-order valence-corrected chi connectivity index (χ4v) is 3.24. The molecule has 29 heavy (non-hydrogen) atoms. The van der Waals surface area contributed by atoms with E-state index in [1.165, 1.54) is 18.3 Å². The fraction of sp³-hybridized carbons (Fsp3) is 0.250. The quantitative estimate of drug-likeness (QED) is 0.659. The molecule has 152 valence electrons. The van der Waals surface area contributed by atoms with Crippen molar-refractivity contribution in [3.63, 3.8) is 0 Å². The first-order chi connectivity index (χ1) is 13.5. The molecule has 1 amide bonds. The Balaban J connectivity index is 0.00000240. The molecule has 4 rings (SSSR count). The van der Waals surface area contributed by atoms with Gasteiger partial charge in [-0.25, -0.2) is 14.4 Å². The third-order valence-corrected chi connectivity index (χ3v) is 4.89. The summed E-state index contributed by atoms with van der Waals surface area (Å²) in [5.41, 5.74) is 2.74. The maximum Gasteiger partial charge on any atom is 0.257 e. The van der Waals surface area contributed by atoms with Gasteiger partial charge in [0.2, 0.25) is 0 Å². The Morgan fingerprint density at radius 2 is 2.00 bits per heavy atom. The normalized spacial score (nSPS) is 13.8. The standard InChI is InChI=1S/C20H18ClFN4O2.ClH/c1-12-2-4-14-18(25-13-3-5-16(21)17(22)10-13)15(11-23-19(14)24-12)20(27)26-6-8-28-9-7-26;/h2-5,10-11H,6-9H2,1H3,(H,23,24,25);1H. The molecule has 0 radical (unpaired) electrons. The zero-order chi connectivity index (χ0) is 19.7. The second-order valence-electron chi connectivity index (χ2n) is 6.53. The highest BCUT2D eigenvalue weighted by molar-refractivity contribution is 6.30. The predicted molar refractivity (Wildman–Crippen MR) is 113 cm³/mol. The number of halogens is 3. The lowest BCUT2D eigenvalue weighted by Crippen LogP contribution is -2.41. The Hall–Kier alpha value is -2.48. The number of morpholine rings is 1. The van der Waals surface area contributed by atoms with Crippen molar-refractivity contribution in [1.82, 2.24) is 14.9 Å². The number of aryl methyl sites for hydroxylation is 1. The van der Waals surface area contributed by atoms with Gasteiger partial charge >= 0.3 is 0 Å². The highest BCUT2D eigenvalue weighted by atomic mass is 35.5. The van der Waals surface area contributed by atoms with Crippen LogP contribution in [0.5, 0.6) is 0 Å². The topological polar surface area (TPSA) is 67.4 Å². The van der Waals surface area contributed by atoms with Gasteiger partial charge in [-0.05, 0) is 37.3 Å². The molecule has 1 aromatic carbocycles. The molecule has 0 aliphatic carbocycles. The number of fused-ring (bicyclic) bond motifs is 1. The predicted octanol–water partition coefficient (Wildman–Crippen LogP) is 4.37. The van der Waals surface area contributed by atoms with E-state index in [0.717, 1.165) is 5.69 Å². The van der Waals surface area contributed by atoms with Crippen molar-refractivity contribution >= 4 is 52.3 Å². The third-order valence-electron chi connectivity index (χ3n) is 4.59. The fourth-order valence-electron chi connectivity index (χ4n) is 3.12. The molecule has 0 spiro atoms. The maximum atomic E-state index is 13.9. The SMILES string of the molecule is Cc1ccc2c(Nc3ccc(Cl)c(F)c3)c(C(=O)N3CCOCC3)cnc2n1.Cl. The van der Waals surface area contributed by atoms with E-state index in [-0.39, 0.29) is 23.3 Å². The van der Waals surface area contributed by atoms with E-state index < -0.39 is 5.82 Å². The molecule has 1 aliphatic rings. The van der Waals surface area contributed by atoms with Gasteiger partial charge in [-0.1, -0.05) is 11.6 Å². The van der Waals surface area contributed by atoms with Gasteiger partial charge < -0.3 is 15.0 Å². The molecule has 6 nitrogen and oxygen atoms in total.